The molecule has 0 atom stereocenters. The van der Waals surface area contributed by atoms with Gasteiger partial charge in [0.25, 0.3) is 0 Å². The van der Waals surface area contributed by atoms with Crippen LogP contribution < -0.4 is 0 Å². The van der Waals surface area contributed by atoms with E-state index in [0.717, 1.165) is 43.6 Å². The van der Waals surface area contributed by atoms with Crippen LogP contribution in [0.1, 0.15) is 42.7 Å². The zero-order chi connectivity index (χ0) is 19.3. The number of aliphatic hydroxyl groups is 1. The first-order valence-corrected chi connectivity index (χ1v) is 9.42. The number of likely N-dealkylation sites (tertiary alicyclic amines) is 1. The van der Waals surface area contributed by atoms with E-state index in [1.807, 2.05) is 12.1 Å². The van der Waals surface area contributed by atoms with E-state index in [2.05, 4.69) is 10.8 Å². The Balaban J connectivity index is 1.65. The highest BCUT2D eigenvalue weighted by atomic mass is 19.1. The van der Waals surface area contributed by atoms with Gasteiger partial charge >= 0.3 is 0 Å². The van der Waals surface area contributed by atoms with E-state index in [1.165, 1.54) is 24.3 Å². The van der Waals surface area contributed by atoms with Crippen LogP contribution in [0.5, 0.6) is 0 Å². The molecule has 0 unspecified atom stereocenters. The lowest BCUT2D eigenvalue weighted by Gasteiger charge is -2.35. The minimum Gasteiger partial charge on any atom is -0.378 e. The molecule has 1 N–H and O–H groups in total. The third-order valence-corrected chi connectivity index (χ3v) is 5.42. The molecule has 3 rings (SSSR count). The smallest absolute Gasteiger partial charge is 0.127 e. The van der Waals surface area contributed by atoms with Crippen LogP contribution in [-0.4, -0.2) is 35.2 Å². The summed E-state index contributed by atoms with van der Waals surface area (Å²) in [5.74, 6) is 1.88. The highest BCUT2D eigenvalue weighted by Gasteiger charge is 2.29. The molecule has 0 radical (unpaired) electrons. The van der Waals surface area contributed by atoms with E-state index >= 15 is 0 Å². The Labute approximate surface area is 159 Å². The Morgan fingerprint density at radius 3 is 2.07 bits per heavy atom. The molecule has 2 aromatic carbocycles. The molecule has 142 valence electrons. The monoisotopic (exact) mass is 369 g/mol. The summed E-state index contributed by atoms with van der Waals surface area (Å²) >= 11 is 0. The van der Waals surface area contributed by atoms with Gasteiger partial charge in [-0.25, -0.2) is 8.78 Å². The molecule has 1 saturated heterocycles. The van der Waals surface area contributed by atoms with Crippen molar-refractivity contribution in [2.75, 3.05) is 19.6 Å². The second-order valence-corrected chi connectivity index (χ2v) is 7.32. The topological polar surface area (TPSA) is 23.5 Å². The molecule has 1 heterocycles. The third kappa shape index (κ3) is 5.15. The van der Waals surface area contributed by atoms with E-state index < -0.39 is 5.60 Å². The molecule has 0 bridgehead atoms. The number of hydrogen-bond acceptors (Lipinski definition) is 2. The van der Waals surface area contributed by atoms with E-state index in [1.54, 1.807) is 12.1 Å². The van der Waals surface area contributed by atoms with Crippen LogP contribution in [0, 0.1) is 24.0 Å². The van der Waals surface area contributed by atoms with Gasteiger partial charge in [-0.15, -0.1) is 6.42 Å². The summed E-state index contributed by atoms with van der Waals surface area (Å²) in [4.78, 5) is 2.29. The maximum absolute atomic E-state index is 13.7. The highest BCUT2D eigenvalue weighted by molar-refractivity contribution is 5.33. The number of rotatable bonds is 6. The Morgan fingerprint density at radius 1 is 1.04 bits per heavy atom. The number of halogens is 2. The predicted molar refractivity (Wildman–Crippen MR) is 103 cm³/mol. The van der Waals surface area contributed by atoms with Crippen LogP contribution in [0.25, 0.3) is 0 Å². The molecule has 1 fully saturated rings. The fourth-order valence-electron chi connectivity index (χ4n) is 3.78. The molecule has 2 aromatic rings. The summed E-state index contributed by atoms with van der Waals surface area (Å²) in [6, 6.07) is 13.1. The first kappa shape index (κ1) is 19.5. The zero-order valence-corrected chi connectivity index (χ0v) is 15.4. The van der Waals surface area contributed by atoms with Gasteiger partial charge < -0.3 is 10.0 Å². The standard InChI is InChI=1S/C23H25F2NO/c1-2-23(27)11-14-26(15-12-23)13-5-10-22(18-6-3-8-20(24)16-18)19-7-4-9-21(25)17-19/h1,3-4,6-9,16-17,22,27H,5,10-15H2. The molecule has 27 heavy (non-hydrogen) atoms. The van der Waals surface area contributed by atoms with Crippen LogP contribution in [-0.2, 0) is 0 Å². The molecule has 0 amide bonds. The molecule has 1 aliphatic rings. The van der Waals surface area contributed by atoms with Gasteiger partial charge in [-0.1, -0.05) is 30.2 Å². The largest absolute Gasteiger partial charge is 0.378 e. The van der Waals surface area contributed by atoms with Gasteiger partial charge in [-0.05, 0) is 54.8 Å². The summed E-state index contributed by atoms with van der Waals surface area (Å²) in [7, 11) is 0. The average molecular weight is 369 g/mol. The Morgan fingerprint density at radius 2 is 1.59 bits per heavy atom. The van der Waals surface area contributed by atoms with E-state index in [9.17, 15) is 13.9 Å². The van der Waals surface area contributed by atoms with Gasteiger partial charge in [0.15, 0.2) is 0 Å². The molecule has 0 aromatic heterocycles. The maximum Gasteiger partial charge on any atom is 0.127 e. The van der Waals surface area contributed by atoms with Crippen molar-refractivity contribution in [1.29, 1.82) is 0 Å². The molecule has 1 aliphatic heterocycles. The first-order chi connectivity index (χ1) is 13.0. The molecule has 0 aliphatic carbocycles. The van der Waals surface area contributed by atoms with Crippen LogP contribution in [0.2, 0.25) is 0 Å². The maximum atomic E-state index is 13.7. The van der Waals surface area contributed by atoms with Gasteiger partial charge in [-0.3, -0.25) is 0 Å². The van der Waals surface area contributed by atoms with E-state index in [-0.39, 0.29) is 17.6 Å². The molecule has 4 heteroatoms. The van der Waals surface area contributed by atoms with Crippen molar-refractivity contribution in [2.45, 2.75) is 37.2 Å². The van der Waals surface area contributed by atoms with Crippen LogP contribution >= 0.6 is 0 Å². The molecule has 0 spiro atoms. The first-order valence-electron chi connectivity index (χ1n) is 9.42. The fourth-order valence-corrected chi connectivity index (χ4v) is 3.78. The molecular formula is C23H25F2NO. The van der Waals surface area contributed by atoms with E-state index in [4.69, 9.17) is 6.42 Å². The highest BCUT2D eigenvalue weighted by Crippen LogP contribution is 2.30. The quantitative estimate of drug-likeness (QED) is 0.766. The molecular weight excluding hydrogens is 344 g/mol. The Hall–Kier alpha value is -2.22. The van der Waals surface area contributed by atoms with Crippen molar-refractivity contribution in [2.24, 2.45) is 0 Å². The zero-order valence-electron chi connectivity index (χ0n) is 15.4. The average Bonchev–Trinajstić information content (AvgIpc) is 2.67. The van der Waals surface area contributed by atoms with Crippen molar-refractivity contribution in [3.8, 4) is 12.3 Å². The van der Waals surface area contributed by atoms with Crippen molar-refractivity contribution < 1.29 is 13.9 Å². The third-order valence-electron chi connectivity index (χ3n) is 5.42. The SMILES string of the molecule is C#CC1(O)CCN(CCCC(c2cccc(F)c2)c2cccc(F)c2)CC1. The van der Waals surface area contributed by atoms with Crippen molar-refractivity contribution in [3.05, 3.63) is 71.3 Å². The van der Waals surface area contributed by atoms with Gasteiger partial charge in [0, 0.05) is 31.8 Å². The summed E-state index contributed by atoms with van der Waals surface area (Å²) in [5, 5.41) is 10.1. The van der Waals surface area contributed by atoms with Crippen LogP contribution in [0.4, 0.5) is 8.78 Å². The molecule has 0 saturated carbocycles. The summed E-state index contributed by atoms with van der Waals surface area (Å²) in [6.07, 6.45) is 8.25. The number of nitrogens with zero attached hydrogens (tertiary/aromatic N) is 1. The number of piperidine rings is 1. The molecule has 2 nitrogen and oxygen atoms in total. The van der Waals surface area contributed by atoms with Gasteiger partial charge in [0.1, 0.15) is 17.2 Å². The van der Waals surface area contributed by atoms with Gasteiger partial charge in [-0.2, -0.15) is 0 Å². The van der Waals surface area contributed by atoms with Gasteiger partial charge in [0.05, 0.1) is 0 Å². The second-order valence-electron chi connectivity index (χ2n) is 7.32. The number of hydrogen-bond donors (Lipinski definition) is 1. The number of benzene rings is 2. The summed E-state index contributed by atoms with van der Waals surface area (Å²) in [6.45, 7) is 2.42. The van der Waals surface area contributed by atoms with Crippen molar-refractivity contribution in [1.82, 2.24) is 4.90 Å². The van der Waals surface area contributed by atoms with Crippen LogP contribution in [0.3, 0.4) is 0 Å². The summed E-state index contributed by atoms with van der Waals surface area (Å²) < 4.78 is 27.4. The Bertz CT molecular complexity index is 761. The second kappa shape index (κ2) is 8.65. The van der Waals surface area contributed by atoms with Gasteiger partial charge in [0.2, 0.25) is 0 Å². The lowest BCUT2D eigenvalue weighted by atomic mass is 9.87. The lowest BCUT2D eigenvalue weighted by Crippen LogP contribution is -2.43. The Kier molecular flexibility index (Phi) is 6.26. The van der Waals surface area contributed by atoms with Crippen molar-refractivity contribution in [3.63, 3.8) is 0 Å². The van der Waals surface area contributed by atoms with Crippen molar-refractivity contribution >= 4 is 0 Å². The predicted octanol–water partition coefficient (Wildman–Crippen LogP) is 4.34. The minimum absolute atomic E-state index is 0.0520. The minimum atomic E-state index is -0.970. The summed E-state index contributed by atoms with van der Waals surface area (Å²) in [5.41, 5.74) is 0.754. The normalized spacial score (nSPS) is 17.0. The number of terminal acetylenes is 1. The van der Waals surface area contributed by atoms with E-state index in [0.29, 0.717) is 12.8 Å². The lowest BCUT2D eigenvalue weighted by molar-refractivity contribution is 0.0268. The fraction of sp³-hybridized carbons (Fsp3) is 0.391. The van der Waals surface area contributed by atoms with Crippen LogP contribution in [0.15, 0.2) is 48.5 Å².